The fourth-order valence-electron chi connectivity index (χ4n) is 1.71. The first-order valence-corrected chi connectivity index (χ1v) is 6.33. The zero-order valence-corrected chi connectivity index (χ0v) is 10.2. The van der Waals surface area contributed by atoms with Crippen molar-refractivity contribution >= 4 is 11.8 Å². The van der Waals surface area contributed by atoms with Gasteiger partial charge in [-0.25, -0.2) is 0 Å². The summed E-state index contributed by atoms with van der Waals surface area (Å²) in [4.78, 5) is 4.40. The monoisotopic (exact) mass is 227 g/mol. The molecule has 1 aromatic heterocycles. The average Bonchev–Trinajstić information content (AvgIpc) is 2.75. The molecule has 1 fully saturated rings. The summed E-state index contributed by atoms with van der Waals surface area (Å²) >= 11 is 1.87. The Morgan fingerprint density at radius 2 is 2.33 bits per heavy atom. The molecule has 1 aromatic rings. The number of aromatic nitrogens is 2. The van der Waals surface area contributed by atoms with Crippen LogP contribution in [-0.4, -0.2) is 21.1 Å². The van der Waals surface area contributed by atoms with Gasteiger partial charge in [0.05, 0.1) is 5.54 Å². The van der Waals surface area contributed by atoms with Crippen LogP contribution in [0.5, 0.6) is 0 Å². The maximum atomic E-state index is 6.33. The highest BCUT2D eigenvalue weighted by atomic mass is 32.2. The van der Waals surface area contributed by atoms with Gasteiger partial charge in [0.1, 0.15) is 0 Å². The second kappa shape index (κ2) is 3.79. The smallest absolute Gasteiger partial charge is 0.229 e. The van der Waals surface area contributed by atoms with Crippen molar-refractivity contribution < 1.29 is 4.52 Å². The van der Waals surface area contributed by atoms with Gasteiger partial charge in [-0.3, -0.25) is 0 Å². The molecule has 0 radical (unpaired) electrons. The Hall–Kier alpha value is -0.550. The fourth-order valence-corrected chi connectivity index (χ4v) is 3.04. The van der Waals surface area contributed by atoms with Crippen LogP contribution < -0.4 is 5.73 Å². The van der Waals surface area contributed by atoms with Gasteiger partial charge in [-0.2, -0.15) is 16.7 Å². The fraction of sp³-hybridized carbons (Fsp3) is 0.800. The lowest BCUT2D eigenvalue weighted by Crippen LogP contribution is -2.42. The molecule has 1 saturated heterocycles. The normalized spacial score (nSPS) is 31.4. The first kappa shape index (κ1) is 11.0. The molecule has 0 aromatic carbocycles. The van der Waals surface area contributed by atoms with Crippen LogP contribution in [0.4, 0.5) is 0 Å². The van der Waals surface area contributed by atoms with Crippen molar-refractivity contribution in [2.24, 2.45) is 5.73 Å². The second-order valence-corrected chi connectivity index (χ2v) is 5.86. The van der Waals surface area contributed by atoms with E-state index in [0.29, 0.717) is 17.0 Å². The summed E-state index contributed by atoms with van der Waals surface area (Å²) in [6, 6.07) is 0. The standard InChI is InChI=1S/C10H17N3OS/c1-6(2)8-12-9(13-14-8)10(11)4-5-15-7(10)3/h6-7H,4-5,11H2,1-3H3. The van der Waals surface area contributed by atoms with Gasteiger partial charge in [0.25, 0.3) is 0 Å². The minimum absolute atomic E-state index is 0.263. The molecule has 2 heterocycles. The lowest BCUT2D eigenvalue weighted by molar-refractivity contribution is 0.339. The number of rotatable bonds is 2. The molecule has 1 aliphatic heterocycles. The van der Waals surface area contributed by atoms with Gasteiger partial charge in [-0.1, -0.05) is 25.9 Å². The van der Waals surface area contributed by atoms with Gasteiger partial charge in [-0.15, -0.1) is 0 Å². The van der Waals surface area contributed by atoms with Crippen LogP contribution in [0.2, 0.25) is 0 Å². The highest BCUT2D eigenvalue weighted by Gasteiger charge is 2.42. The van der Waals surface area contributed by atoms with Gasteiger partial charge in [0.2, 0.25) is 5.89 Å². The number of nitrogens with two attached hydrogens (primary N) is 1. The van der Waals surface area contributed by atoms with Crippen LogP contribution in [0, 0.1) is 0 Å². The zero-order valence-electron chi connectivity index (χ0n) is 9.36. The first-order valence-electron chi connectivity index (χ1n) is 5.28. The summed E-state index contributed by atoms with van der Waals surface area (Å²) in [6.45, 7) is 6.20. The van der Waals surface area contributed by atoms with E-state index in [2.05, 4.69) is 17.1 Å². The summed E-state index contributed by atoms with van der Waals surface area (Å²) < 4.78 is 5.20. The van der Waals surface area contributed by atoms with E-state index in [1.54, 1.807) is 0 Å². The van der Waals surface area contributed by atoms with Crippen LogP contribution >= 0.6 is 11.8 Å². The average molecular weight is 227 g/mol. The van der Waals surface area contributed by atoms with Crippen LogP contribution in [-0.2, 0) is 5.54 Å². The minimum Gasteiger partial charge on any atom is -0.339 e. The summed E-state index contributed by atoms with van der Waals surface area (Å²) in [5.74, 6) is 2.69. The van der Waals surface area contributed by atoms with Crippen molar-refractivity contribution in [3.05, 3.63) is 11.7 Å². The van der Waals surface area contributed by atoms with Crippen LogP contribution in [0.15, 0.2) is 4.52 Å². The third kappa shape index (κ3) is 1.78. The van der Waals surface area contributed by atoms with Crippen molar-refractivity contribution in [3.63, 3.8) is 0 Å². The highest BCUT2D eigenvalue weighted by molar-refractivity contribution is 8.00. The highest BCUT2D eigenvalue weighted by Crippen LogP contribution is 2.39. The van der Waals surface area contributed by atoms with Gasteiger partial charge in [0.15, 0.2) is 5.82 Å². The Morgan fingerprint density at radius 3 is 2.80 bits per heavy atom. The van der Waals surface area contributed by atoms with E-state index in [1.165, 1.54) is 0 Å². The lowest BCUT2D eigenvalue weighted by Gasteiger charge is -2.23. The lowest BCUT2D eigenvalue weighted by atomic mass is 9.93. The molecule has 4 nitrogen and oxygen atoms in total. The summed E-state index contributed by atoms with van der Waals surface area (Å²) in [6.07, 6.45) is 0.926. The molecule has 5 heteroatoms. The van der Waals surface area contributed by atoms with Gasteiger partial charge in [0, 0.05) is 11.2 Å². The Kier molecular flexibility index (Phi) is 2.77. The van der Waals surface area contributed by atoms with Gasteiger partial charge < -0.3 is 10.3 Å². The molecule has 2 rings (SSSR count). The van der Waals surface area contributed by atoms with E-state index in [0.717, 1.165) is 12.2 Å². The third-order valence-electron chi connectivity index (χ3n) is 2.96. The number of nitrogens with zero attached hydrogens (tertiary/aromatic N) is 2. The van der Waals surface area contributed by atoms with Gasteiger partial charge >= 0.3 is 0 Å². The van der Waals surface area contributed by atoms with Crippen LogP contribution in [0.3, 0.4) is 0 Å². The Bertz CT molecular complexity index is 352. The van der Waals surface area contributed by atoms with Crippen molar-refractivity contribution in [2.45, 2.75) is 43.9 Å². The Balaban J connectivity index is 2.28. The minimum atomic E-state index is -0.401. The maximum absolute atomic E-state index is 6.33. The molecule has 15 heavy (non-hydrogen) atoms. The third-order valence-corrected chi connectivity index (χ3v) is 4.32. The zero-order chi connectivity index (χ0) is 11.1. The summed E-state index contributed by atoms with van der Waals surface area (Å²) in [5.41, 5.74) is 5.93. The molecule has 0 aliphatic carbocycles. The molecule has 0 spiro atoms. The quantitative estimate of drug-likeness (QED) is 0.835. The number of hydrogen-bond donors (Lipinski definition) is 1. The largest absolute Gasteiger partial charge is 0.339 e. The van der Waals surface area contributed by atoms with E-state index < -0.39 is 5.54 Å². The molecule has 1 aliphatic rings. The molecule has 84 valence electrons. The second-order valence-electron chi connectivity index (χ2n) is 4.41. The topological polar surface area (TPSA) is 64.9 Å². The van der Waals surface area contributed by atoms with Crippen LogP contribution in [0.25, 0.3) is 0 Å². The molecule has 0 saturated carbocycles. The summed E-state index contributed by atoms with van der Waals surface area (Å²) in [7, 11) is 0. The Morgan fingerprint density at radius 1 is 1.60 bits per heavy atom. The first-order chi connectivity index (χ1) is 7.04. The molecule has 0 bridgehead atoms. The van der Waals surface area contributed by atoms with E-state index in [4.69, 9.17) is 10.3 Å². The van der Waals surface area contributed by atoms with Crippen molar-refractivity contribution in [2.75, 3.05) is 5.75 Å². The van der Waals surface area contributed by atoms with Crippen LogP contribution in [0.1, 0.15) is 44.8 Å². The molecule has 2 atom stereocenters. The molecule has 2 N–H and O–H groups in total. The van der Waals surface area contributed by atoms with Crippen molar-refractivity contribution in [3.8, 4) is 0 Å². The molecule has 2 unspecified atom stereocenters. The molecular weight excluding hydrogens is 210 g/mol. The molecule has 0 amide bonds. The van der Waals surface area contributed by atoms with Crippen molar-refractivity contribution in [1.29, 1.82) is 0 Å². The number of thioether (sulfide) groups is 1. The van der Waals surface area contributed by atoms with E-state index in [-0.39, 0.29) is 5.92 Å². The van der Waals surface area contributed by atoms with E-state index >= 15 is 0 Å². The van der Waals surface area contributed by atoms with Crippen molar-refractivity contribution in [1.82, 2.24) is 10.1 Å². The van der Waals surface area contributed by atoms with E-state index in [9.17, 15) is 0 Å². The Labute approximate surface area is 94.0 Å². The van der Waals surface area contributed by atoms with Gasteiger partial charge in [-0.05, 0) is 12.2 Å². The SMILES string of the molecule is CC(C)c1nc(C2(N)CCSC2C)no1. The predicted octanol–water partition coefficient (Wildman–Crippen LogP) is 1.87. The summed E-state index contributed by atoms with van der Waals surface area (Å²) in [5, 5.41) is 4.37. The maximum Gasteiger partial charge on any atom is 0.229 e. The number of hydrogen-bond acceptors (Lipinski definition) is 5. The molecular formula is C10H17N3OS. The predicted molar refractivity (Wildman–Crippen MR) is 60.8 cm³/mol. The van der Waals surface area contributed by atoms with E-state index in [1.807, 2.05) is 25.6 Å².